The number of fused-ring (bicyclic) bond motifs is 1. The Hall–Kier alpha value is -2.06. The van der Waals surface area contributed by atoms with Gasteiger partial charge in [-0.3, -0.25) is 0 Å². The van der Waals surface area contributed by atoms with Crippen molar-refractivity contribution >= 4 is 5.82 Å². The molecular weight excluding hydrogens is 320 g/mol. The molecule has 3 heterocycles. The second kappa shape index (κ2) is 7.88. The van der Waals surface area contributed by atoms with Gasteiger partial charge in [0, 0.05) is 45.7 Å². The molecule has 2 aromatic heterocycles. The van der Waals surface area contributed by atoms with E-state index in [-0.39, 0.29) is 0 Å². The van der Waals surface area contributed by atoms with Gasteiger partial charge in [-0.15, -0.1) is 0 Å². The van der Waals surface area contributed by atoms with Gasteiger partial charge in [0.25, 0.3) is 0 Å². The Balaban J connectivity index is 1.91. The lowest BCUT2D eigenvalue weighted by Gasteiger charge is -2.22. The largest absolute Gasteiger partial charge is 0.374 e. The Kier molecular flexibility index (Phi) is 5.60. The van der Waals surface area contributed by atoms with Gasteiger partial charge in [-0.25, -0.2) is 9.97 Å². The maximum absolute atomic E-state index is 5.53. The average Bonchev–Trinajstić information content (AvgIpc) is 2.90. The molecule has 25 heavy (non-hydrogen) atoms. The standard InChI is InChI=1S/C17H26N6O2/c1-5-24-11-16-19-14-7-9-22(3)8-6-13(14)17(20-16)23(4)10-15-18-12(2)25-21-15/h5-11H2,1-4H3. The number of anilines is 1. The fourth-order valence-corrected chi connectivity index (χ4v) is 3.01. The summed E-state index contributed by atoms with van der Waals surface area (Å²) in [5.74, 6) is 2.90. The van der Waals surface area contributed by atoms with Crippen LogP contribution in [-0.2, 0) is 30.7 Å². The molecule has 0 N–H and O–H groups in total. The van der Waals surface area contributed by atoms with Crippen molar-refractivity contribution in [3.8, 4) is 0 Å². The Labute approximate surface area is 148 Å². The Morgan fingerprint density at radius 1 is 1.16 bits per heavy atom. The molecule has 0 saturated carbocycles. The first-order valence-electron chi connectivity index (χ1n) is 8.72. The molecule has 0 unspecified atom stereocenters. The smallest absolute Gasteiger partial charge is 0.223 e. The van der Waals surface area contributed by atoms with Crippen molar-refractivity contribution in [3.05, 3.63) is 28.8 Å². The lowest BCUT2D eigenvalue weighted by atomic mass is 10.1. The predicted octanol–water partition coefficient (Wildman–Crippen LogP) is 1.37. The van der Waals surface area contributed by atoms with Crippen molar-refractivity contribution in [1.82, 2.24) is 25.0 Å². The van der Waals surface area contributed by atoms with Crippen LogP contribution in [0.3, 0.4) is 0 Å². The van der Waals surface area contributed by atoms with Crippen LogP contribution in [0.2, 0.25) is 0 Å². The van der Waals surface area contributed by atoms with Crippen molar-refractivity contribution in [3.63, 3.8) is 0 Å². The maximum atomic E-state index is 5.53. The van der Waals surface area contributed by atoms with Crippen LogP contribution in [0.5, 0.6) is 0 Å². The van der Waals surface area contributed by atoms with Crippen molar-refractivity contribution in [2.75, 3.05) is 38.7 Å². The van der Waals surface area contributed by atoms with E-state index in [0.29, 0.717) is 31.5 Å². The monoisotopic (exact) mass is 346 g/mol. The number of hydrogen-bond acceptors (Lipinski definition) is 8. The zero-order valence-electron chi connectivity index (χ0n) is 15.4. The zero-order chi connectivity index (χ0) is 17.8. The number of nitrogens with zero attached hydrogens (tertiary/aromatic N) is 6. The lowest BCUT2D eigenvalue weighted by molar-refractivity contribution is 0.128. The van der Waals surface area contributed by atoms with Crippen LogP contribution >= 0.6 is 0 Å². The van der Waals surface area contributed by atoms with Gasteiger partial charge >= 0.3 is 0 Å². The van der Waals surface area contributed by atoms with Crippen LogP contribution in [0.1, 0.15) is 35.7 Å². The van der Waals surface area contributed by atoms with Crippen LogP contribution in [0.25, 0.3) is 0 Å². The molecular formula is C17H26N6O2. The molecule has 1 aliphatic rings. The molecule has 0 radical (unpaired) electrons. The highest BCUT2D eigenvalue weighted by Crippen LogP contribution is 2.25. The van der Waals surface area contributed by atoms with E-state index in [9.17, 15) is 0 Å². The highest BCUT2D eigenvalue weighted by molar-refractivity contribution is 5.49. The number of ether oxygens (including phenoxy) is 1. The summed E-state index contributed by atoms with van der Waals surface area (Å²) in [6.45, 7) is 7.41. The quantitative estimate of drug-likeness (QED) is 0.776. The fourth-order valence-electron chi connectivity index (χ4n) is 3.01. The molecule has 0 atom stereocenters. The Bertz CT molecular complexity index is 717. The molecule has 8 nitrogen and oxygen atoms in total. The minimum absolute atomic E-state index is 0.432. The number of likely N-dealkylation sites (N-methyl/N-ethyl adjacent to an activating group) is 1. The Morgan fingerprint density at radius 3 is 2.68 bits per heavy atom. The summed E-state index contributed by atoms with van der Waals surface area (Å²) < 4.78 is 10.6. The second-order valence-electron chi connectivity index (χ2n) is 6.41. The van der Waals surface area contributed by atoms with Crippen LogP contribution in [0, 0.1) is 6.92 Å². The number of aromatic nitrogens is 4. The number of hydrogen-bond donors (Lipinski definition) is 0. The van der Waals surface area contributed by atoms with Crippen LogP contribution in [-0.4, -0.2) is 58.8 Å². The molecule has 0 aliphatic carbocycles. The molecule has 1 aliphatic heterocycles. The number of aryl methyl sites for hydroxylation is 1. The lowest BCUT2D eigenvalue weighted by Crippen LogP contribution is -2.23. The van der Waals surface area contributed by atoms with Crippen molar-refractivity contribution in [2.24, 2.45) is 0 Å². The highest BCUT2D eigenvalue weighted by Gasteiger charge is 2.21. The topological polar surface area (TPSA) is 80.4 Å². The molecule has 0 amide bonds. The summed E-state index contributed by atoms with van der Waals surface area (Å²) in [6, 6.07) is 0. The van der Waals surface area contributed by atoms with Crippen LogP contribution in [0.15, 0.2) is 4.52 Å². The molecule has 3 rings (SSSR count). The predicted molar refractivity (Wildman–Crippen MR) is 93.4 cm³/mol. The molecule has 0 fully saturated rings. The summed E-state index contributed by atoms with van der Waals surface area (Å²) in [6.07, 6.45) is 1.86. The van der Waals surface area contributed by atoms with Crippen molar-refractivity contribution in [1.29, 1.82) is 0 Å². The SMILES string of the molecule is CCOCc1nc2c(c(N(C)Cc3noc(C)n3)n1)CCN(C)CC2. The summed E-state index contributed by atoms with van der Waals surface area (Å²) in [5.41, 5.74) is 2.34. The first-order chi connectivity index (χ1) is 12.1. The highest BCUT2D eigenvalue weighted by atomic mass is 16.5. The van der Waals surface area contributed by atoms with Gasteiger partial charge in [0.2, 0.25) is 5.89 Å². The van der Waals surface area contributed by atoms with E-state index in [0.717, 1.165) is 43.3 Å². The fraction of sp³-hybridized carbons (Fsp3) is 0.647. The third kappa shape index (κ3) is 4.32. The Morgan fingerprint density at radius 2 is 1.96 bits per heavy atom. The van der Waals surface area contributed by atoms with Gasteiger partial charge in [-0.2, -0.15) is 4.98 Å². The summed E-state index contributed by atoms with van der Waals surface area (Å²) in [7, 11) is 4.15. The third-order valence-electron chi connectivity index (χ3n) is 4.34. The van der Waals surface area contributed by atoms with E-state index in [1.54, 1.807) is 6.92 Å². The minimum Gasteiger partial charge on any atom is -0.374 e. The summed E-state index contributed by atoms with van der Waals surface area (Å²) in [4.78, 5) is 18.2. The summed E-state index contributed by atoms with van der Waals surface area (Å²) in [5, 5.41) is 3.99. The van der Waals surface area contributed by atoms with Crippen molar-refractivity contribution in [2.45, 2.75) is 39.8 Å². The second-order valence-corrected chi connectivity index (χ2v) is 6.41. The first kappa shape index (κ1) is 17.8. The van der Waals surface area contributed by atoms with Gasteiger partial charge in [-0.05, 0) is 20.4 Å². The maximum Gasteiger partial charge on any atom is 0.223 e. The van der Waals surface area contributed by atoms with E-state index in [1.165, 1.54) is 5.56 Å². The van der Waals surface area contributed by atoms with Crippen LogP contribution < -0.4 is 4.90 Å². The molecule has 0 bridgehead atoms. The molecule has 136 valence electrons. The number of rotatable bonds is 6. The molecule has 0 saturated heterocycles. The van der Waals surface area contributed by atoms with Gasteiger partial charge in [0.05, 0.1) is 12.2 Å². The molecule has 0 aromatic carbocycles. The minimum atomic E-state index is 0.432. The van der Waals surface area contributed by atoms with E-state index in [1.807, 2.05) is 14.0 Å². The summed E-state index contributed by atoms with van der Waals surface area (Å²) >= 11 is 0. The van der Waals surface area contributed by atoms with E-state index in [2.05, 4.69) is 27.0 Å². The van der Waals surface area contributed by atoms with E-state index < -0.39 is 0 Å². The van der Waals surface area contributed by atoms with Crippen molar-refractivity contribution < 1.29 is 9.26 Å². The normalized spacial score (nSPS) is 15.0. The third-order valence-corrected chi connectivity index (χ3v) is 4.34. The van der Waals surface area contributed by atoms with Gasteiger partial charge < -0.3 is 19.1 Å². The van der Waals surface area contributed by atoms with Gasteiger partial charge in [0.15, 0.2) is 11.6 Å². The van der Waals surface area contributed by atoms with E-state index >= 15 is 0 Å². The molecule has 0 spiro atoms. The zero-order valence-corrected chi connectivity index (χ0v) is 15.4. The van der Waals surface area contributed by atoms with Gasteiger partial charge in [-0.1, -0.05) is 5.16 Å². The van der Waals surface area contributed by atoms with Gasteiger partial charge in [0.1, 0.15) is 12.4 Å². The average molecular weight is 346 g/mol. The molecule has 2 aromatic rings. The van der Waals surface area contributed by atoms with E-state index in [4.69, 9.17) is 19.2 Å². The van der Waals surface area contributed by atoms with Crippen LogP contribution in [0.4, 0.5) is 5.82 Å². The molecule has 8 heteroatoms. The first-order valence-corrected chi connectivity index (χ1v) is 8.72.